The summed E-state index contributed by atoms with van der Waals surface area (Å²) in [7, 11) is -0.690. The van der Waals surface area contributed by atoms with Crippen LogP contribution in [0.1, 0.15) is 37.9 Å². The molecular formula is C18H17F3N7OS-. The maximum absolute atomic E-state index is 12.9. The number of aromatic nitrogens is 5. The van der Waals surface area contributed by atoms with Gasteiger partial charge in [-0.3, -0.25) is 4.98 Å². The maximum atomic E-state index is 12.9. The number of imidazole rings is 1. The van der Waals surface area contributed by atoms with E-state index in [0.717, 1.165) is 6.07 Å². The number of hydrogen-bond donors (Lipinski definition) is 1. The number of alkyl halides is 3. The topological polar surface area (TPSA) is 121 Å². The molecule has 4 rings (SSSR count). The molecule has 1 aliphatic carbocycles. The molecule has 30 heavy (non-hydrogen) atoms. The fraction of sp³-hybridized carbons (Fsp3) is 0.389. The Morgan fingerprint density at radius 2 is 1.93 bits per heavy atom. The molecule has 1 N–H and O–H groups in total. The largest absolute Gasteiger partial charge is 0.440 e. The van der Waals surface area contributed by atoms with Crippen LogP contribution < -0.4 is 0 Å². The number of aryl methyl sites for hydroxylation is 1. The van der Waals surface area contributed by atoms with Gasteiger partial charge in [0.25, 0.3) is 0 Å². The number of fused-ring (bicyclic) bond motifs is 1. The van der Waals surface area contributed by atoms with E-state index in [1.807, 2.05) is 13.8 Å². The van der Waals surface area contributed by atoms with Crippen LogP contribution in [0.3, 0.4) is 0 Å². The summed E-state index contributed by atoms with van der Waals surface area (Å²) in [4.78, 5) is 8.41. The number of hydrogen-bond acceptors (Lipinski definition) is 8. The highest BCUT2D eigenvalue weighted by Gasteiger charge is 2.45. The van der Waals surface area contributed by atoms with Gasteiger partial charge in [0, 0.05) is 19.3 Å². The van der Waals surface area contributed by atoms with Crippen molar-refractivity contribution in [2.45, 2.75) is 43.2 Å². The lowest BCUT2D eigenvalue weighted by Crippen LogP contribution is -2.09. The second kappa shape index (κ2) is 7.64. The van der Waals surface area contributed by atoms with Crippen LogP contribution in [0, 0.1) is 16.1 Å². The van der Waals surface area contributed by atoms with E-state index in [0.29, 0.717) is 18.4 Å². The Bertz CT molecular complexity index is 1230. The van der Waals surface area contributed by atoms with Crippen LogP contribution in [-0.2, 0) is 33.4 Å². The Kier molecular flexibility index (Phi) is 5.51. The Hall–Kier alpha value is -3.07. The Morgan fingerprint density at radius 3 is 2.47 bits per heavy atom. The second-order valence-electron chi connectivity index (χ2n) is 6.46. The van der Waals surface area contributed by atoms with Crippen LogP contribution in [-0.4, -0.2) is 24.7 Å². The third kappa shape index (κ3) is 3.60. The second-order valence-corrected chi connectivity index (χ2v) is 7.44. The first kappa shape index (κ1) is 21.6. The average molecular weight is 436 g/mol. The third-order valence-electron chi connectivity index (χ3n) is 4.69. The summed E-state index contributed by atoms with van der Waals surface area (Å²) in [5, 5.41) is 16.1. The maximum Gasteiger partial charge on any atom is 0.435 e. The van der Waals surface area contributed by atoms with Crippen molar-refractivity contribution in [1.82, 2.24) is 24.7 Å². The van der Waals surface area contributed by atoms with Crippen molar-refractivity contribution in [2.24, 2.45) is 7.05 Å². The zero-order chi connectivity index (χ0) is 22.3. The van der Waals surface area contributed by atoms with Gasteiger partial charge in [0.05, 0.1) is 17.2 Å². The van der Waals surface area contributed by atoms with Gasteiger partial charge in [0.15, 0.2) is 17.2 Å². The summed E-state index contributed by atoms with van der Waals surface area (Å²) in [6.07, 6.45) is -1.91. The van der Waals surface area contributed by atoms with Gasteiger partial charge in [-0.25, -0.2) is 4.98 Å². The van der Waals surface area contributed by atoms with Gasteiger partial charge in [0.2, 0.25) is 0 Å². The number of rotatable bonds is 3. The quantitative estimate of drug-likeness (QED) is 0.617. The van der Waals surface area contributed by atoms with Gasteiger partial charge in [-0.1, -0.05) is 24.8 Å². The molecule has 0 atom stereocenters. The molecule has 3 aromatic heterocycles. The molecule has 12 heteroatoms. The highest BCUT2D eigenvalue weighted by atomic mass is 32.2. The van der Waals surface area contributed by atoms with E-state index in [2.05, 4.69) is 26.2 Å². The molecule has 158 valence electrons. The zero-order valence-corrected chi connectivity index (χ0v) is 17.1. The van der Waals surface area contributed by atoms with Crippen LogP contribution in [0.25, 0.3) is 22.7 Å². The molecule has 1 aliphatic rings. The van der Waals surface area contributed by atoms with Gasteiger partial charge in [-0.15, -0.1) is 10.2 Å². The highest BCUT2D eigenvalue weighted by Crippen LogP contribution is 2.48. The summed E-state index contributed by atoms with van der Waals surface area (Å²) in [5.41, 5.74) is -1.18. The van der Waals surface area contributed by atoms with Crippen LogP contribution in [0.5, 0.6) is 0 Å². The molecule has 1 saturated carbocycles. The Labute approximate surface area is 171 Å². The molecular weight excluding hydrogens is 419 g/mol. The molecule has 0 saturated heterocycles. The summed E-state index contributed by atoms with van der Waals surface area (Å²) in [5.74, 6) is 0.104. The van der Waals surface area contributed by atoms with Gasteiger partial charge in [0.1, 0.15) is 5.52 Å². The number of nitrogens with one attached hydrogen (secondary N) is 1. The summed E-state index contributed by atoms with van der Waals surface area (Å²) < 4.78 is 59.6. The van der Waals surface area contributed by atoms with E-state index in [9.17, 15) is 22.6 Å². The van der Waals surface area contributed by atoms with Gasteiger partial charge in [-0.05, 0) is 18.4 Å². The lowest BCUT2D eigenvalue weighted by molar-refractivity contribution is -0.141. The van der Waals surface area contributed by atoms with Crippen molar-refractivity contribution in [1.29, 1.82) is 10.0 Å². The monoisotopic (exact) mass is 436 g/mol. The summed E-state index contributed by atoms with van der Waals surface area (Å²) >= 11 is 0. The SMILES string of the molecule is CC.Cn1c(-c2ncc(C3(C#N)CC3)cc2[S-](=N)=O)nc2cc(C(F)(F)F)nnc21. The normalized spacial score (nSPS) is 14.9. The van der Waals surface area contributed by atoms with Crippen LogP contribution in [0.4, 0.5) is 13.2 Å². The first-order valence-electron chi connectivity index (χ1n) is 8.99. The van der Waals surface area contributed by atoms with E-state index >= 15 is 0 Å². The van der Waals surface area contributed by atoms with Gasteiger partial charge in [-0.2, -0.15) is 29.0 Å². The standard InChI is InChI=1S/C16H11F3N7OS.C2H6/c1-26-13-9(5-11(24-25-13)16(17,18)19)23-14(26)12-10(28(21)27)4-8(6-22-12)15(7-20)2-3-15;1-2/h4-6,21H,2-3H2,1H3;1-2H3/q-1;. The van der Waals surface area contributed by atoms with E-state index in [4.69, 9.17) is 4.78 Å². The molecule has 3 heterocycles. The molecule has 1 fully saturated rings. The molecule has 0 aromatic carbocycles. The third-order valence-corrected chi connectivity index (χ3v) is 5.40. The molecule has 0 unspecified atom stereocenters. The number of nitrogens with zero attached hydrogens (tertiary/aromatic N) is 6. The van der Waals surface area contributed by atoms with E-state index < -0.39 is 27.9 Å². The fourth-order valence-electron chi connectivity index (χ4n) is 2.94. The first-order chi connectivity index (χ1) is 14.2. The average Bonchev–Trinajstić information content (AvgIpc) is 3.46. The minimum atomic E-state index is -4.66. The number of nitriles is 1. The van der Waals surface area contributed by atoms with Crippen LogP contribution in [0.2, 0.25) is 0 Å². The van der Waals surface area contributed by atoms with Crippen LogP contribution in [0.15, 0.2) is 23.2 Å². The van der Waals surface area contributed by atoms with E-state index in [1.165, 1.54) is 23.9 Å². The minimum Gasteiger partial charge on any atom is -0.440 e. The minimum absolute atomic E-state index is 0.0291. The Balaban J connectivity index is 0.00000124. The molecule has 0 bridgehead atoms. The smallest absolute Gasteiger partial charge is 0.435 e. The van der Waals surface area contributed by atoms with Crippen molar-refractivity contribution < 1.29 is 17.4 Å². The number of pyridine rings is 1. The highest BCUT2D eigenvalue weighted by molar-refractivity contribution is 7.73. The van der Waals surface area contributed by atoms with Crippen molar-refractivity contribution in [3.8, 4) is 17.6 Å². The summed E-state index contributed by atoms with van der Waals surface area (Å²) in [6, 6.07) is 4.45. The molecule has 0 radical (unpaired) electrons. The van der Waals surface area contributed by atoms with Crippen LogP contribution >= 0.6 is 0 Å². The molecule has 0 amide bonds. The van der Waals surface area contributed by atoms with Gasteiger partial charge < -0.3 is 13.6 Å². The molecule has 8 nitrogen and oxygen atoms in total. The zero-order valence-electron chi connectivity index (χ0n) is 16.3. The molecule has 0 spiro atoms. The predicted octanol–water partition coefficient (Wildman–Crippen LogP) is 4.11. The van der Waals surface area contributed by atoms with Gasteiger partial charge >= 0.3 is 6.18 Å². The fourth-order valence-corrected chi connectivity index (χ4v) is 3.50. The van der Waals surface area contributed by atoms with Crippen molar-refractivity contribution in [2.75, 3.05) is 0 Å². The lowest BCUT2D eigenvalue weighted by atomic mass is 9.99. The van der Waals surface area contributed by atoms with E-state index in [1.54, 1.807) is 0 Å². The predicted molar refractivity (Wildman–Crippen MR) is 101 cm³/mol. The van der Waals surface area contributed by atoms with Crippen molar-refractivity contribution in [3.05, 3.63) is 29.6 Å². The van der Waals surface area contributed by atoms with Crippen molar-refractivity contribution >= 4 is 21.8 Å². The molecule has 3 aromatic rings. The molecule has 0 aliphatic heterocycles. The first-order valence-corrected chi connectivity index (χ1v) is 10.1. The Morgan fingerprint density at radius 1 is 1.27 bits per heavy atom. The summed E-state index contributed by atoms with van der Waals surface area (Å²) in [6.45, 7) is 4.00. The van der Waals surface area contributed by atoms with E-state index in [-0.39, 0.29) is 27.6 Å². The lowest BCUT2D eigenvalue weighted by Gasteiger charge is -2.14. The number of halogens is 3. The van der Waals surface area contributed by atoms with Crippen molar-refractivity contribution in [3.63, 3.8) is 0 Å².